The fraction of sp³-hybridized carbons (Fsp3) is 0.231. The smallest absolute Gasteiger partial charge is 0.204 e. The SMILES string of the molecule is C=CCn1c(C)cc(C(=O)CO/N=C/c2ccc(OCc3ccccc3)c(OC)c2)c1C. The molecule has 166 valence electrons. The molecule has 0 aliphatic carbocycles. The van der Waals surface area contributed by atoms with E-state index in [1.807, 2.05) is 66.9 Å². The number of nitrogens with zero attached hydrogens (tertiary/aromatic N) is 2. The molecule has 0 unspecified atom stereocenters. The Kier molecular flexibility index (Phi) is 7.86. The van der Waals surface area contributed by atoms with Gasteiger partial charge in [0, 0.05) is 29.1 Å². The molecule has 0 aliphatic rings. The van der Waals surface area contributed by atoms with E-state index in [2.05, 4.69) is 11.7 Å². The highest BCUT2D eigenvalue weighted by Crippen LogP contribution is 2.28. The molecule has 0 amide bonds. The third kappa shape index (κ3) is 5.66. The summed E-state index contributed by atoms with van der Waals surface area (Å²) in [5, 5.41) is 3.94. The molecule has 6 nitrogen and oxygen atoms in total. The Labute approximate surface area is 188 Å². The second kappa shape index (κ2) is 11.0. The Morgan fingerprint density at radius 1 is 1.09 bits per heavy atom. The molecule has 0 fully saturated rings. The van der Waals surface area contributed by atoms with Gasteiger partial charge in [-0.15, -0.1) is 6.58 Å². The van der Waals surface area contributed by atoms with Gasteiger partial charge >= 0.3 is 0 Å². The van der Waals surface area contributed by atoms with Crippen LogP contribution in [-0.4, -0.2) is 30.3 Å². The summed E-state index contributed by atoms with van der Waals surface area (Å²) in [5.74, 6) is 1.11. The van der Waals surface area contributed by atoms with Crippen LogP contribution in [0.4, 0.5) is 0 Å². The number of aromatic nitrogens is 1. The molecule has 2 aromatic carbocycles. The molecule has 0 bridgehead atoms. The number of benzene rings is 2. The number of ether oxygens (including phenoxy) is 2. The maximum Gasteiger partial charge on any atom is 0.204 e. The summed E-state index contributed by atoms with van der Waals surface area (Å²) in [5.41, 5.74) is 4.39. The lowest BCUT2D eigenvalue weighted by molar-refractivity contribution is 0.0778. The van der Waals surface area contributed by atoms with Gasteiger partial charge in [0.2, 0.25) is 5.78 Å². The maximum atomic E-state index is 12.5. The third-order valence-electron chi connectivity index (χ3n) is 5.08. The Morgan fingerprint density at radius 3 is 2.59 bits per heavy atom. The molecule has 0 atom stereocenters. The average Bonchev–Trinajstić information content (AvgIpc) is 3.10. The number of oxime groups is 1. The van der Waals surface area contributed by atoms with Crippen LogP contribution >= 0.6 is 0 Å². The van der Waals surface area contributed by atoms with E-state index < -0.39 is 0 Å². The number of carbonyl (C=O) groups excluding carboxylic acids is 1. The normalized spacial score (nSPS) is 10.8. The quantitative estimate of drug-likeness (QED) is 0.183. The van der Waals surface area contributed by atoms with Gasteiger partial charge in [-0.05, 0) is 43.7 Å². The summed E-state index contributed by atoms with van der Waals surface area (Å²) in [4.78, 5) is 17.8. The Hall–Kier alpha value is -3.80. The van der Waals surface area contributed by atoms with Crippen LogP contribution in [0.3, 0.4) is 0 Å². The van der Waals surface area contributed by atoms with Crippen molar-refractivity contribution in [3.63, 3.8) is 0 Å². The van der Waals surface area contributed by atoms with E-state index >= 15 is 0 Å². The summed E-state index contributed by atoms with van der Waals surface area (Å²) >= 11 is 0. The lowest BCUT2D eigenvalue weighted by Gasteiger charge is -2.11. The van der Waals surface area contributed by atoms with Gasteiger partial charge in [0.15, 0.2) is 18.1 Å². The van der Waals surface area contributed by atoms with Crippen molar-refractivity contribution < 1.29 is 19.1 Å². The predicted octanol–water partition coefficient (Wildman–Crippen LogP) is 5.11. The molecule has 0 N–H and O–H groups in total. The van der Waals surface area contributed by atoms with Crippen molar-refractivity contribution in [2.24, 2.45) is 5.16 Å². The van der Waals surface area contributed by atoms with E-state index in [9.17, 15) is 4.79 Å². The van der Waals surface area contributed by atoms with Gasteiger partial charge in [0.05, 0.1) is 13.3 Å². The minimum Gasteiger partial charge on any atom is -0.493 e. The standard InChI is InChI=1S/C26H28N2O4/c1-5-13-28-19(2)14-23(20(28)3)24(29)18-32-27-16-22-11-12-25(26(15-22)30-4)31-17-21-9-7-6-8-10-21/h5-12,14-16H,1,13,17-18H2,2-4H3/b27-16+. The number of aryl methyl sites for hydroxylation is 1. The lowest BCUT2D eigenvalue weighted by atomic mass is 10.2. The number of allylic oxidation sites excluding steroid dienone is 1. The summed E-state index contributed by atoms with van der Waals surface area (Å²) in [6, 6.07) is 17.3. The molecule has 6 heteroatoms. The van der Waals surface area contributed by atoms with Crippen molar-refractivity contribution in [1.82, 2.24) is 4.57 Å². The van der Waals surface area contributed by atoms with Crippen molar-refractivity contribution in [2.45, 2.75) is 27.0 Å². The zero-order valence-electron chi connectivity index (χ0n) is 18.7. The van der Waals surface area contributed by atoms with Crippen LogP contribution in [0.1, 0.15) is 32.9 Å². The fourth-order valence-corrected chi connectivity index (χ4v) is 3.38. The van der Waals surface area contributed by atoms with Crippen LogP contribution in [0, 0.1) is 13.8 Å². The van der Waals surface area contributed by atoms with Crippen LogP contribution in [-0.2, 0) is 18.0 Å². The Morgan fingerprint density at radius 2 is 1.88 bits per heavy atom. The van der Waals surface area contributed by atoms with Gasteiger partial charge in [-0.1, -0.05) is 41.6 Å². The monoisotopic (exact) mass is 432 g/mol. The highest BCUT2D eigenvalue weighted by atomic mass is 16.6. The first-order valence-corrected chi connectivity index (χ1v) is 10.3. The first kappa shape index (κ1) is 22.9. The second-order valence-corrected chi connectivity index (χ2v) is 7.30. The van der Waals surface area contributed by atoms with Crippen molar-refractivity contribution in [1.29, 1.82) is 0 Å². The molecule has 32 heavy (non-hydrogen) atoms. The van der Waals surface area contributed by atoms with Crippen molar-refractivity contribution in [3.05, 3.63) is 95.3 Å². The second-order valence-electron chi connectivity index (χ2n) is 7.30. The zero-order valence-corrected chi connectivity index (χ0v) is 18.7. The molecule has 3 aromatic rings. The topological polar surface area (TPSA) is 62.1 Å². The van der Waals surface area contributed by atoms with Gasteiger partial charge in [-0.25, -0.2) is 0 Å². The number of hydrogen-bond acceptors (Lipinski definition) is 5. The van der Waals surface area contributed by atoms with Crippen LogP contribution in [0.25, 0.3) is 0 Å². The summed E-state index contributed by atoms with van der Waals surface area (Å²) in [6.07, 6.45) is 3.35. The van der Waals surface area contributed by atoms with E-state index in [1.54, 1.807) is 19.3 Å². The van der Waals surface area contributed by atoms with Crippen molar-refractivity contribution in [3.8, 4) is 11.5 Å². The van der Waals surface area contributed by atoms with Gasteiger partial charge in [-0.3, -0.25) is 4.79 Å². The zero-order chi connectivity index (χ0) is 22.9. The predicted molar refractivity (Wildman–Crippen MR) is 126 cm³/mol. The summed E-state index contributed by atoms with van der Waals surface area (Å²) in [6.45, 7) is 8.62. The number of rotatable bonds is 11. The van der Waals surface area contributed by atoms with Gasteiger partial charge < -0.3 is 18.9 Å². The van der Waals surface area contributed by atoms with Crippen molar-refractivity contribution >= 4 is 12.0 Å². The molecule has 1 aromatic heterocycles. The molecule has 0 saturated heterocycles. The van der Waals surface area contributed by atoms with E-state index in [0.717, 1.165) is 22.5 Å². The van der Waals surface area contributed by atoms with Crippen LogP contribution < -0.4 is 9.47 Å². The Balaban J connectivity index is 1.57. The largest absolute Gasteiger partial charge is 0.493 e. The first-order valence-electron chi connectivity index (χ1n) is 10.3. The molecule has 0 saturated carbocycles. The van der Waals surface area contributed by atoms with Crippen LogP contribution in [0.5, 0.6) is 11.5 Å². The Bertz CT molecular complexity index is 1100. The van der Waals surface area contributed by atoms with Gasteiger partial charge in [-0.2, -0.15) is 0 Å². The van der Waals surface area contributed by atoms with E-state index in [-0.39, 0.29) is 12.4 Å². The number of ketones is 1. The molecule has 0 aliphatic heterocycles. The first-order chi connectivity index (χ1) is 15.5. The van der Waals surface area contributed by atoms with Crippen LogP contribution in [0.2, 0.25) is 0 Å². The summed E-state index contributed by atoms with van der Waals surface area (Å²) in [7, 11) is 1.59. The average molecular weight is 433 g/mol. The number of Topliss-reactive ketones (excluding diaryl/α,β-unsaturated/α-hetero) is 1. The molecular weight excluding hydrogens is 404 g/mol. The summed E-state index contributed by atoms with van der Waals surface area (Å²) < 4.78 is 13.3. The lowest BCUT2D eigenvalue weighted by Crippen LogP contribution is -2.09. The van der Waals surface area contributed by atoms with Crippen LogP contribution in [0.15, 0.2) is 72.4 Å². The number of carbonyl (C=O) groups is 1. The minimum absolute atomic E-state index is 0.118. The fourth-order valence-electron chi connectivity index (χ4n) is 3.38. The van der Waals surface area contributed by atoms with Gasteiger partial charge in [0.25, 0.3) is 0 Å². The highest BCUT2D eigenvalue weighted by molar-refractivity contribution is 5.98. The van der Waals surface area contributed by atoms with E-state index in [1.165, 1.54) is 6.21 Å². The number of hydrogen-bond donors (Lipinski definition) is 0. The molecule has 0 radical (unpaired) electrons. The molecule has 3 rings (SSSR count). The third-order valence-corrected chi connectivity index (χ3v) is 5.08. The molecular formula is C26H28N2O4. The van der Waals surface area contributed by atoms with E-state index in [4.69, 9.17) is 14.3 Å². The molecule has 1 heterocycles. The van der Waals surface area contributed by atoms with Gasteiger partial charge in [0.1, 0.15) is 6.61 Å². The van der Waals surface area contributed by atoms with E-state index in [0.29, 0.717) is 30.2 Å². The molecule has 0 spiro atoms. The maximum absolute atomic E-state index is 12.5. The highest BCUT2D eigenvalue weighted by Gasteiger charge is 2.15. The number of methoxy groups -OCH3 is 1. The van der Waals surface area contributed by atoms with Crippen molar-refractivity contribution in [2.75, 3.05) is 13.7 Å². The minimum atomic E-state index is -0.135.